The average molecular weight is 360 g/mol. The molecule has 5 N–H and O–H groups in total. The Morgan fingerprint density at radius 1 is 1.04 bits per heavy atom. The molecule has 144 valence electrons. The van der Waals surface area contributed by atoms with Gasteiger partial charge in [-0.3, -0.25) is 9.59 Å². The lowest BCUT2D eigenvalue weighted by Gasteiger charge is -2.34. The molecule has 0 spiro atoms. The van der Waals surface area contributed by atoms with Crippen molar-refractivity contribution in [3.63, 3.8) is 0 Å². The number of aliphatic hydroxyl groups excluding tert-OH is 3. The van der Waals surface area contributed by atoms with Gasteiger partial charge in [0.05, 0.1) is 37.0 Å². The molecule has 2 amide bonds. The second-order valence-corrected chi connectivity index (χ2v) is 5.78. The average Bonchev–Trinajstić information content (AvgIpc) is 2.48. The van der Waals surface area contributed by atoms with Gasteiger partial charge in [0, 0.05) is 25.8 Å². The minimum absolute atomic E-state index is 0.0370. The Morgan fingerprint density at radius 3 is 1.92 bits per heavy atom. The summed E-state index contributed by atoms with van der Waals surface area (Å²) < 4.78 is 4.77. The van der Waals surface area contributed by atoms with Crippen molar-refractivity contribution in [2.45, 2.75) is 64.5 Å². The van der Waals surface area contributed by atoms with Gasteiger partial charge in [0.2, 0.25) is 11.8 Å². The van der Waals surface area contributed by atoms with Crippen LogP contribution < -0.4 is 10.6 Å². The third-order valence-corrected chi connectivity index (χ3v) is 3.43. The Bertz CT molecular complexity index is 493. The molecule has 0 radical (unpaired) electrons. The lowest BCUT2D eigenvalue weighted by molar-refractivity contribution is -0.139. The van der Waals surface area contributed by atoms with Gasteiger partial charge >= 0.3 is 5.97 Å². The minimum atomic E-state index is -1.52. The van der Waals surface area contributed by atoms with Crippen LogP contribution in [0.15, 0.2) is 12.2 Å². The lowest BCUT2D eigenvalue weighted by Crippen LogP contribution is -2.61. The van der Waals surface area contributed by atoms with Crippen LogP contribution >= 0.6 is 0 Å². The molecular formula is C16H28N2O7. The first-order valence-corrected chi connectivity index (χ1v) is 7.94. The third-order valence-electron chi connectivity index (χ3n) is 3.43. The number of hydrogen-bond acceptors (Lipinski definition) is 7. The summed E-state index contributed by atoms with van der Waals surface area (Å²) in [5, 5.41) is 35.3. The molecule has 0 bridgehead atoms. The summed E-state index contributed by atoms with van der Waals surface area (Å²) in [4.78, 5) is 34.3. The maximum absolute atomic E-state index is 11.6. The fraction of sp³-hybridized carbons (Fsp3) is 0.688. The number of rotatable bonds is 10. The highest BCUT2D eigenvalue weighted by Gasteiger charge is 2.37. The number of esters is 1. The fourth-order valence-electron chi connectivity index (χ4n) is 2.29. The zero-order chi connectivity index (χ0) is 19.7. The summed E-state index contributed by atoms with van der Waals surface area (Å²) in [6.07, 6.45) is -4.34. The van der Waals surface area contributed by atoms with Gasteiger partial charge in [0.1, 0.15) is 0 Å². The van der Waals surface area contributed by atoms with Crippen LogP contribution in [0.4, 0.5) is 0 Å². The quantitative estimate of drug-likeness (QED) is 0.238. The van der Waals surface area contributed by atoms with E-state index < -0.39 is 48.2 Å². The second kappa shape index (κ2) is 10.8. The first-order chi connectivity index (χ1) is 11.5. The van der Waals surface area contributed by atoms with E-state index in [4.69, 9.17) is 4.74 Å². The molecule has 0 saturated heterocycles. The molecule has 0 rings (SSSR count). The number of nitrogens with one attached hydrogen (secondary N) is 2. The summed E-state index contributed by atoms with van der Waals surface area (Å²) in [6, 6.07) is -2.39. The second-order valence-electron chi connectivity index (χ2n) is 5.78. The summed E-state index contributed by atoms with van der Waals surface area (Å²) >= 11 is 0. The van der Waals surface area contributed by atoms with Crippen LogP contribution in [-0.2, 0) is 19.1 Å². The highest BCUT2D eigenvalue weighted by atomic mass is 16.5. The Hall–Kier alpha value is -1.97. The van der Waals surface area contributed by atoms with Crippen molar-refractivity contribution in [3.05, 3.63) is 12.2 Å². The van der Waals surface area contributed by atoms with Crippen LogP contribution in [0.1, 0.15) is 34.1 Å². The van der Waals surface area contributed by atoms with Crippen molar-refractivity contribution in [2.24, 2.45) is 0 Å². The Labute approximate surface area is 147 Å². The maximum Gasteiger partial charge on any atom is 0.333 e. The van der Waals surface area contributed by atoms with Gasteiger partial charge in [-0.25, -0.2) is 4.79 Å². The zero-order valence-electron chi connectivity index (χ0n) is 15.0. The van der Waals surface area contributed by atoms with Crippen LogP contribution in [0, 0.1) is 0 Å². The smallest absolute Gasteiger partial charge is 0.333 e. The molecule has 0 unspecified atom stereocenters. The summed E-state index contributed by atoms with van der Waals surface area (Å²) in [7, 11) is 0. The van der Waals surface area contributed by atoms with Crippen LogP contribution in [0.5, 0.6) is 0 Å². The topological polar surface area (TPSA) is 145 Å². The normalized spacial score (nSPS) is 16.8. The van der Waals surface area contributed by atoms with Gasteiger partial charge in [-0.1, -0.05) is 6.58 Å². The monoisotopic (exact) mass is 360 g/mol. The number of amides is 2. The van der Waals surface area contributed by atoms with Crippen molar-refractivity contribution in [3.8, 4) is 0 Å². The minimum Gasteiger partial charge on any atom is -0.463 e. The summed E-state index contributed by atoms with van der Waals surface area (Å²) in [6.45, 7) is 9.00. The van der Waals surface area contributed by atoms with Crippen molar-refractivity contribution in [1.29, 1.82) is 0 Å². The fourth-order valence-corrected chi connectivity index (χ4v) is 2.29. The largest absolute Gasteiger partial charge is 0.463 e. The highest BCUT2D eigenvalue weighted by Crippen LogP contribution is 2.15. The first kappa shape index (κ1) is 23.0. The van der Waals surface area contributed by atoms with E-state index in [2.05, 4.69) is 17.2 Å². The molecule has 0 aliphatic heterocycles. The number of hydrogen-bond donors (Lipinski definition) is 5. The van der Waals surface area contributed by atoms with Gasteiger partial charge in [-0.2, -0.15) is 0 Å². The van der Waals surface area contributed by atoms with E-state index in [1.165, 1.54) is 20.8 Å². The van der Waals surface area contributed by atoms with E-state index in [0.29, 0.717) is 0 Å². The molecule has 25 heavy (non-hydrogen) atoms. The Kier molecular flexibility index (Phi) is 9.95. The predicted octanol–water partition coefficient (Wildman–Crippen LogP) is -1.39. The van der Waals surface area contributed by atoms with Crippen molar-refractivity contribution in [2.75, 3.05) is 6.61 Å². The predicted molar refractivity (Wildman–Crippen MR) is 89.3 cm³/mol. The molecule has 0 aliphatic carbocycles. The number of aliphatic hydroxyl groups is 3. The number of carbonyl (C=O) groups is 3. The SMILES string of the molecule is C=C(C[C@H](O)[C@H](NC(C)=O)[C@@H](O)[C@@H](NC(C)=O)[C@H](C)O)C(=O)OCC. The standard InChI is InChI=1S/C16H28N2O7/c1-6-25-16(24)8(2)7-12(22)14(18-11(5)21)15(23)13(9(3)19)17-10(4)20/h9,12-15,19,22-23H,2,6-7H2,1,3-5H3,(H,17,20)(H,18,21)/t9-,12-,13-,14-,15-/m0/s1. The van der Waals surface area contributed by atoms with Gasteiger partial charge in [-0.05, 0) is 13.8 Å². The first-order valence-electron chi connectivity index (χ1n) is 7.94. The zero-order valence-corrected chi connectivity index (χ0v) is 15.0. The van der Waals surface area contributed by atoms with Crippen LogP contribution in [0.3, 0.4) is 0 Å². The molecule has 0 fully saturated rings. The van der Waals surface area contributed by atoms with Gasteiger partial charge in [0.25, 0.3) is 0 Å². The van der Waals surface area contributed by atoms with E-state index in [-0.39, 0.29) is 18.6 Å². The molecule has 0 aromatic heterocycles. The van der Waals surface area contributed by atoms with Gasteiger partial charge in [0.15, 0.2) is 0 Å². The summed E-state index contributed by atoms with van der Waals surface area (Å²) in [5.41, 5.74) is -0.0370. The third kappa shape index (κ3) is 8.10. The molecule has 5 atom stereocenters. The van der Waals surface area contributed by atoms with Crippen molar-refractivity contribution >= 4 is 17.8 Å². The van der Waals surface area contributed by atoms with Crippen LogP contribution in [0.2, 0.25) is 0 Å². The number of ether oxygens (including phenoxy) is 1. The van der Waals surface area contributed by atoms with E-state index in [1.54, 1.807) is 6.92 Å². The molecule has 0 heterocycles. The maximum atomic E-state index is 11.6. The summed E-state index contributed by atoms with van der Waals surface area (Å²) in [5.74, 6) is -1.75. The number of carbonyl (C=O) groups excluding carboxylic acids is 3. The van der Waals surface area contributed by atoms with Gasteiger partial charge in [-0.15, -0.1) is 0 Å². The lowest BCUT2D eigenvalue weighted by atomic mass is 9.92. The van der Waals surface area contributed by atoms with E-state index in [1.807, 2.05) is 0 Å². The molecule has 0 saturated carbocycles. The molecule has 0 aromatic carbocycles. The molecule has 0 aromatic rings. The highest BCUT2D eigenvalue weighted by molar-refractivity contribution is 5.87. The Morgan fingerprint density at radius 2 is 1.52 bits per heavy atom. The molecular weight excluding hydrogens is 332 g/mol. The van der Waals surface area contributed by atoms with Crippen molar-refractivity contribution in [1.82, 2.24) is 10.6 Å². The van der Waals surface area contributed by atoms with E-state index in [9.17, 15) is 29.7 Å². The Balaban J connectivity index is 5.31. The van der Waals surface area contributed by atoms with Crippen LogP contribution in [0.25, 0.3) is 0 Å². The van der Waals surface area contributed by atoms with Gasteiger partial charge < -0.3 is 30.7 Å². The van der Waals surface area contributed by atoms with E-state index in [0.717, 1.165) is 0 Å². The van der Waals surface area contributed by atoms with Crippen molar-refractivity contribution < 1.29 is 34.4 Å². The molecule has 9 heteroatoms. The van der Waals surface area contributed by atoms with Crippen LogP contribution in [-0.4, -0.2) is 70.1 Å². The molecule has 0 aliphatic rings. The molecule has 9 nitrogen and oxygen atoms in total. The van der Waals surface area contributed by atoms with E-state index >= 15 is 0 Å².